The Morgan fingerprint density at radius 2 is 1.45 bits per heavy atom. The van der Waals surface area contributed by atoms with Crippen molar-refractivity contribution in [3.63, 3.8) is 0 Å². The number of esters is 1. The zero-order valence-corrected chi connectivity index (χ0v) is 16.8. The average Bonchev–Trinajstić information content (AvgIpc) is 2.76. The van der Waals surface area contributed by atoms with Gasteiger partial charge in [-0.3, -0.25) is 9.59 Å². The van der Waals surface area contributed by atoms with Crippen LogP contribution in [0, 0.1) is 0 Å². The minimum atomic E-state index is -0.794. The van der Waals surface area contributed by atoms with E-state index in [1.807, 2.05) is 95.9 Å². The van der Waals surface area contributed by atoms with Crippen LogP contribution in [-0.2, 0) is 14.3 Å². The molecule has 4 rings (SSSR count). The molecule has 146 valence electrons. The van der Waals surface area contributed by atoms with Gasteiger partial charge < -0.3 is 9.64 Å². The molecular formula is C24H21NO3S. The maximum Gasteiger partial charge on any atom is 0.303 e. The molecular weight excluding hydrogens is 382 g/mol. The Labute approximate surface area is 174 Å². The summed E-state index contributed by atoms with van der Waals surface area (Å²) in [5, 5.41) is -0.233. The highest BCUT2D eigenvalue weighted by Gasteiger charge is 2.53. The van der Waals surface area contributed by atoms with Gasteiger partial charge in [0.25, 0.3) is 5.91 Å². The van der Waals surface area contributed by atoms with Gasteiger partial charge >= 0.3 is 5.97 Å². The molecule has 4 nitrogen and oxygen atoms in total. The van der Waals surface area contributed by atoms with Crippen LogP contribution in [0.5, 0.6) is 0 Å². The van der Waals surface area contributed by atoms with E-state index in [-0.39, 0.29) is 17.3 Å². The van der Waals surface area contributed by atoms with E-state index >= 15 is 0 Å². The number of likely N-dealkylation sites (tertiary alicyclic amines) is 1. The SMILES string of the molecule is CC(=O)O[C@@H]1C(=O)N([C@@H](Sc2ccccc2)c2ccccc2)[C@@H]1c1ccccc1. The fourth-order valence-corrected chi connectivity index (χ4v) is 4.77. The van der Waals surface area contributed by atoms with Crippen molar-refractivity contribution in [1.82, 2.24) is 4.90 Å². The largest absolute Gasteiger partial charge is 0.450 e. The van der Waals surface area contributed by atoms with Gasteiger partial charge in [-0.05, 0) is 23.3 Å². The van der Waals surface area contributed by atoms with Crippen molar-refractivity contribution < 1.29 is 14.3 Å². The van der Waals surface area contributed by atoms with E-state index in [1.54, 1.807) is 11.8 Å². The van der Waals surface area contributed by atoms with Crippen LogP contribution < -0.4 is 0 Å². The van der Waals surface area contributed by atoms with Crippen molar-refractivity contribution in [2.24, 2.45) is 0 Å². The number of carbonyl (C=O) groups excluding carboxylic acids is 2. The molecule has 3 aromatic carbocycles. The molecule has 1 saturated heterocycles. The van der Waals surface area contributed by atoms with Gasteiger partial charge in [0, 0.05) is 11.8 Å². The lowest BCUT2D eigenvalue weighted by atomic mass is 9.89. The molecule has 5 heteroatoms. The van der Waals surface area contributed by atoms with Crippen molar-refractivity contribution in [2.45, 2.75) is 29.3 Å². The topological polar surface area (TPSA) is 46.6 Å². The lowest BCUT2D eigenvalue weighted by molar-refractivity contribution is -0.184. The van der Waals surface area contributed by atoms with Gasteiger partial charge in [0.15, 0.2) is 0 Å². The smallest absolute Gasteiger partial charge is 0.303 e. The first-order valence-corrected chi connectivity index (χ1v) is 10.3. The molecule has 1 amide bonds. The van der Waals surface area contributed by atoms with Crippen molar-refractivity contribution in [3.8, 4) is 0 Å². The number of hydrogen-bond donors (Lipinski definition) is 0. The number of β-lactam (4-membered cyclic amide) rings is 1. The maximum atomic E-state index is 13.1. The highest BCUT2D eigenvalue weighted by molar-refractivity contribution is 7.99. The number of nitrogens with zero attached hydrogens (tertiary/aromatic N) is 1. The van der Waals surface area contributed by atoms with Crippen LogP contribution in [0.2, 0.25) is 0 Å². The quantitative estimate of drug-likeness (QED) is 0.330. The maximum absolute atomic E-state index is 13.1. The number of benzene rings is 3. The fourth-order valence-electron chi connectivity index (χ4n) is 3.55. The molecule has 0 bridgehead atoms. The standard InChI is InChI=1S/C24H21NO3S/c1-17(26)28-22-21(18-11-5-2-6-12-18)25(23(22)27)24(19-13-7-3-8-14-19)29-20-15-9-4-10-16-20/h2-16,21-22,24H,1H3/t21-,22+,24+/m1/s1. The van der Waals surface area contributed by atoms with Crippen LogP contribution in [0.3, 0.4) is 0 Å². The van der Waals surface area contributed by atoms with Crippen molar-refractivity contribution in [1.29, 1.82) is 0 Å². The summed E-state index contributed by atoms with van der Waals surface area (Å²) in [7, 11) is 0. The first kappa shape index (κ1) is 19.3. The molecule has 1 aliphatic heterocycles. The predicted octanol–water partition coefficient (Wildman–Crippen LogP) is 4.99. The molecule has 1 fully saturated rings. The van der Waals surface area contributed by atoms with Gasteiger partial charge in [0.2, 0.25) is 6.10 Å². The van der Waals surface area contributed by atoms with E-state index in [0.717, 1.165) is 16.0 Å². The van der Waals surface area contributed by atoms with Gasteiger partial charge in [-0.15, -0.1) is 0 Å². The zero-order chi connectivity index (χ0) is 20.2. The van der Waals surface area contributed by atoms with Crippen molar-refractivity contribution in [2.75, 3.05) is 0 Å². The van der Waals surface area contributed by atoms with Crippen LogP contribution in [-0.4, -0.2) is 22.9 Å². The molecule has 3 atom stereocenters. The minimum Gasteiger partial charge on any atom is -0.450 e. The Bertz CT molecular complexity index is 979. The molecule has 0 aliphatic carbocycles. The second-order valence-electron chi connectivity index (χ2n) is 6.83. The second-order valence-corrected chi connectivity index (χ2v) is 7.98. The molecule has 0 radical (unpaired) electrons. The molecule has 0 saturated carbocycles. The average molecular weight is 404 g/mol. The van der Waals surface area contributed by atoms with E-state index in [0.29, 0.717) is 0 Å². The van der Waals surface area contributed by atoms with E-state index in [1.165, 1.54) is 6.92 Å². The molecule has 1 aliphatic rings. The zero-order valence-electron chi connectivity index (χ0n) is 16.0. The Balaban J connectivity index is 1.73. The monoisotopic (exact) mass is 403 g/mol. The van der Waals surface area contributed by atoms with Crippen LogP contribution in [0.1, 0.15) is 29.5 Å². The summed E-state index contributed by atoms with van der Waals surface area (Å²) in [5.41, 5.74) is 1.98. The summed E-state index contributed by atoms with van der Waals surface area (Å²) in [6, 6.07) is 29.4. The Morgan fingerprint density at radius 1 is 0.897 bits per heavy atom. The first-order chi connectivity index (χ1) is 14.1. The first-order valence-electron chi connectivity index (χ1n) is 9.46. The third-order valence-electron chi connectivity index (χ3n) is 4.85. The fraction of sp³-hybridized carbons (Fsp3) is 0.167. The number of ether oxygens (including phenoxy) is 1. The molecule has 0 spiro atoms. The van der Waals surface area contributed by atoms with Crippen LogP contribution in [0.15, 0.2) is 95.9 Å². The summed E-state index contributed by atoms with van der Waals surface area (Å²) in [5.74, 6) is -0.623. The molecule has 0 N–H and O–H groups in total. The summed E-state index contributed by atoms with van der Waals surface area (Å²) < 4.78 is 5.39. The van der Waals surface area contributed by atoms with Crippen LogP contribution >= 0.6 is 11.8 Å². The Hall–Kier alpha value is -3.05. The molecule has 0 unspecified atom stereocenters. The number of hydrogen-bond acceptors (Lipinski definition) is 4. The molecule has 29 heavy (non-hydrogen) atoms. The van der Waals surface area contributed by atoms with E-state index in [2.05, 4.69) is 0 Å². The third-order valence-corrected chi connectivity index (χ3v) is 6.11. The second kappa shape index (κ2) is 8.53. The normalized spacial score (nSPS) is 19.3. The third kappa shape index (κ3) is 4.05. The number of rotatable bonds is 6. The van der Waals surface area contributed by atoms with E-state index in [4.69, 9.17) is 4.74 Å². The molecule has 1 heterocycles. The van der Waals surface area contributed by atoms with E-state index < -0.39 is 12.1 Å². The number of amides is 1. The lowest BCUT2D eigenvalue weighted by Gasteiger charge is -2.50. The minimum absolute atomic E-state index is 0.175. The Morgan fingerprint density at radius 3 is 2.03 bits per heavy atom. The number of thioether (sulfide) groups is 1. The van der Waals surface area contributed by atoms with Gasteiger partial charge in [-0.25, -0.2) is 0 Å². The van der Waals surface area contributed by atoms with E-state index in [9.17, 15) is 9.59 Å². The summed E-state index contributed by atoms with van der Waals surface area (Å²) in [6.45, 7) is 1.34. The van der Waals surface area contributed by atoms with Gasteiger partial charge in [-0.1, -0.05) is 90.6 Å². The van der Waals surface area contributed by atoms with Gasteiger partial charge in [-0.2, -0.15) is 0 Å². The highest BCUT2D eigenvalue weighted by atomic mass is 32.2. The predicted molar refractivity (Wildman–Crippen MR) is 113 cm³/mol. The summed E-state index contributed by atoms with van der Waals surface area (Å²) in [4.78, 5) is 27.6. The van der Waals surface area contributed by atoms with Gasteiger partial charge in [0.1, 0.15) is 11.4 Å². The van der Waals surface area contributed by atoms with Crippen molar-refractivity contribution in [3.05, 3.63) is 102 Å². The Kier molecular flexibility index (Phi) is 5.67. The van der Waals surface area contributed by atoms with Crippen LogP contribution in [0.4, 0.5) is 0 Å². The summed E-state index contributed by atoms with van der Waals surface area (Å²) in [6.07, 6.45) is -0.794. The highest BCUT2D eigenvalue weighted by Crippen LogP contribution is 2.49. The van der Waals surface area contributed by atoms with Gasteiger partial charge in [0.05, 0.1) is 0 Å². The van der Waals surface area contributed by atoms with Crippen molar-refractivity contribution >= 4 is 23.6 Å². The molecule has 0 aromatic heterocycles. The lowest BCUT2D eigenvalue weighted by Crippen LogP contribution is -2.60. The number of carbonyl (C=O) groups is 2. The summed E-state index contributed by atoms with van der Waals surface area (Å²) >= 11 is 1.61. The molecule has 3 aromatic rings. The van der Waals surface area contributed by atoms with Crippen LogP contribution in [0.25, 0.3) is 0 Å².